The highest BCUT2D eigenvalue weighted by Crippen LogP contribution is 2.39. The topological polar surface area (TPSA) is 74.8 Å². The molecule has 0 bridgehead atoms. The number of amides is 2. The maximum absolute atomic E-state index is 14.6. The molecule has 4 aromatic rings. The molecule has 2 fully saturated rings. The van der Waals surface area contributed by atoms with Gasteiger partial charge in [-0.2, -0.15) is 0 Å². The molecule has 0 N–H and O–H groups in total. The molecule has 4 aromatic carbocycles. The number of nitrogens with zero attached hydrogens (tertiary/aromatic N) is 2. The summed E-state index contributed by atoms with van der Waals surface area (Å²) >= 11 is 0. The third-order valence-electron chi connectivity index (χ3n) is 9.47. The lowest BCUT2D eigenvalue weighted by Gasteiger charge is -2.36. The molecule has 6 nitrogen and oxygen atoms in total. The fraction of sp³-hybridized carbons (Fsp3) is 0.300. The van der Waals surface area contributed by atoms with E-state index in [0.29, 0.717) is 12.0 Å². The van der Waals surface area contributed by atoms with Crippen LogP contribution in [0, 0.1) is 5.92 Å². The van der Waals surface area contributed by atoms with Gasteiger partial charge in [0.05, 0.1) is 6.42 Å². The van der Waals surface area contributed by atoms with E-state index < -0.39 is 5.54 Å². The van der Waals surface area contributed by atoms with Crippen LogP contribution in [0.25, 0.3) is 0 Å². The van der Waals surface area contributed by atoms with Crippen molar-refractivity contribution >= 4 is 23.4 Å². The van der Waals surface area contributed by atoms with Crippen molar-refractivity contribution in [3.05, 3.63) is 143 Å². The molecule has 2 aliphatic heterocycles. The number of likely N-dealkylation sites (tertiary alicyclic amines) is 2. The average Bonchev–Trinajstić information content (AvgIpc) is 3.76. The van der Waals surface area contributed by atoms with Crippen LogP contribution in [0.2, 0.25) is 0 Å². The summed E-state index contributed by atoms with van der Waals surface area (Å²) in [6, 6.07) is 36.0. The third kappa shape index (κ3) is 6.71. The number of carbonyl (C=O) groups is 4. The summed E-state index contributed by atoms with van der Waals surface area (Å²) < 4.78 is 0. The molecule has 2 saturated heterocycles. The molecule has 1 unspecified atom stereocenters. The molecule has 2 aliphatic rings. The summed E-state index contributed by atoms with van der Waals surface area (Å²) in [7, 11) is 0. The summed E-state index contributed by atoms with van der Waals surface area (Å²) in [5.41, 5.74) is 2.38. The van der Waals surface area contributed by atoms with Crippen LogP contribution in [0.4, 0.5) is 0 Å². The second-order valence-corrected chi connectivity index (χ2v) is 12.6. The first-order valence-corrected chi connectivity index (χ1v) is 16.3. The highest BCUT2D eigenvalue weighted by atomic mass is 16.2. The van der Waals surface area contributed by atoms with E-state index in [0.717, 1.165) is 48.2 Å². The van der Waals surface area contributed by atoms with Gasteiger partial charge in [-0.15, -0.1) is 0 Å². The molecule has 46 heavy (non-hydrogen) atoms. The van der Waals surface area contributed by atoms with Crippen molar-refractivity contribution in [1.82, 2.24) is 9.80 Å². The third-order valence-corrected chi connectivity index (χ3v) is 9.47. The van der Waals surface area contributed by atoms with Crippen molar-refractivity contribution in [2.24, 2.45) is 5.92 Å². The predicted octanol–water partition coefficient (Wildman–Crippen LogP) is 5.92. The largest absolute Gasteiger partial charge is 0.339 e. The van der Waals surface area contributed by atoms with Gasteiger partial charge in [-0.25, -0.2) is 0 Å². The molecule has 2 amide bonds. The second kappa shape index (κ2) is 14.1. The number of rotatable bonds is 11. The molecule has 2 heterocycles. The van der Waals surface area contributed by atoms with Gasteiger partial charge >= 0.3 is 0 Å². The monoisotopic (exact) mass is 612 g/mol. The Hall–Kier alpha value is -4.84. The summed E-state index contributed by atoms with van der Waals surface area (Å²) in [4.78, 5) is 60.5. The maximum Gasteiger partial charge on any atom is 0.254 e. The normalized spacial score (nSPS) is 17.2. The zero-order valence-corrected chi connectivity index (χ0v) is 26.1. The van der Waals surface area contributed by atoms with Crippen molar-refractivity contribution in [3.63, 3.8) is 0 Å². The number of hydrogen-bond donors (Lipinski definition) is 0. The zero-order valence-electron chi connectivity index (χ0n) is 26.1. The molecule has 1 atom stereocenters. The maximum atomic E-state index is 14.6. The number of ketones is 2. The van der Waals surface area contributed by atoms with Crippen molar-refractivity contribution < 1.29 is 19.2 Å². The second-order valence-electron chi connectivity index (χ2n) is 12.6. The number of benzene rings is 4. The molecule has 0 spiro atoms. The molecule has 234 valence electrons. The Kier molecular flexibility index (Phi) is 9.53. The van der Waals surface area contributed by atoms with Gasteiger partial charge in [-0.05, 0) is 59.9 Å². The van der Waals surface area contributed by atoms with Crippen LogP contribution in [0.15, 0.2) is 115 Å². The standard InChI is InChI=1S/C40H40N2O4/c43-36(25-30-14-4-1-5-15-30)40(37(44)26-31-16-6-2-7-17-31)28-33(29-42(40)38(45)27-32-18-8-3-9-19-32)24-34-20-10-11-21-35(34)39(46)41-22-12-13-23-41/h1-11,14-21,33H,12-13,22-29H2. The first-order valence-electron chi connectivity index (χ1n) is 16.3. The number of carbonyl (C=O) groups excluding carboxylic acids is 4. The summed E-state index contributed by atoms with van der Waals surface area (Å²) in [6.45, 7) is 1.77. The van der Waals surface area contributed by atoms with Gasteiger partial charge < -0.3 is 9.80 Å². The Morgan fingerprint density at radius 3 is 1.63 bits per heavy atom. The zero-order chi connectivity index (χ0) is 31.9. The minimum absolute atomic E-state index is 0.0229. The molecule has 0 aliphatic carbocycles. The van der Waals surface area contributed by atoms with Crippen LogP contribution in [-0.4, -0.2) is 58.4 Å². The molecule has 6 rings (SSSR count). The Morgan fingerprint density at radius 2 is 1.09 bits per heavy atom. The van der Waals surface area contributed by atoms with E-state index in [1.807, 2.05) is 120 Å². The highest BCUT2D eigenvalue weighted by molar-refractivity contribution is 6.15. The highest BCUT2D eigenvalue weighted by Gasteiger charge is 2.57. The van der Waals surface area contributed by atoms with Crippen LogP contribution in [-0.2, 0) is 40.1 Å². The van der Waals surface area contributed by atoms with E-state index in [1.165, 1.54) is 0 Å². The lowest BCUT2D eigenvalue weighted by molar-refractivity contribution is -0.150. The van der Waals surface area contributed by atoms with Crippen molar-refractivity contribution in [2.45, 2.75) is 50.5 Å². The Morgan fingerprint density at radius 1 is 0.609 bits per heavy atom. The van der Waals surface area contributed by atoms with Crippen molar-refractivity contribution in [1.29, 1.82) is 0 Å². The molecule has 6 heteroatoms. The first kappa shape index (κ1) is 31.2. The minimum Gasteiger partial charge on any atom is -0.339 e. The van der Waals surface area contributed by atoms with Gasteiger partial charge in [0.1, 0.15) is 0 Å². The molecule has 0 saturated carbocycles. The van der Waals surface area contributed by atoms with Gasteiger partial charge in [0.2, 0.25) is 5.91 Å². The molecule has 0 radical (unpaired) electrons. The minimum atomic E-state index is -1.61. The predicted molar refractivity (Wildman–Crippen MR) is 178 cm³/mol. The van der Waals surface area contributed by atoms with Crippen LogP contribution in [0.3, 0.4) is 0 Å². The number of hydrogen-bond acceptors (Lipinski definition) is 4. The van der Waals surface area contributed by atoms with Gasteiger partial charge in [0.15, 0.2) is 17.1 Å². The average molecular weight is 613 g/mol. The van der Waals surface area contributed by atoms with Crippen LogP contribution >= 0.6 is 0 Å². The van der Waals surface area contributed by atoms with E-state index in [4.69, 9.17) is 0 Å². The van der Waals surface area contributed by atoms with E-state index in [-0.39, 0.29) is 61.5 Å². The Bertz CT molecular complexity index is 1630. The quantitative estimate of drug-likeness (QED) is 0.197. The summed E-state index contributed by atoms with van der Waals surface area (Å²) in [5, 5.41) is 0. The molecule has 0 aromatic heterocycles. The summed E-state index contributed by atoms with van der Waals surface area (Å²) in [6.07, 6.45) is 2.91. The van der Waals surface area contributed by atoms with Gasteiger partial charge in [0.25, 0.3) is 5.91 Å². The van der Waals surface area contributed by atoms with Crippen molar-refractivity contribution in [3.8, 4) is 0 Å². The van der Waals surface area contributed by atoms with Gasteiger partial charge in [0, 0.05) is 38.0 Å². The van der Waals surface area contributed by atoms with Gasteiger partial charge in [-0.3, -0.25) is 19.2 Å². The summed E-state index contributed by atoms with van der Waals surface area (Å²) in [5.74, 6) is -0.922. The van der Waals surface area contributed by atoms with Crippen LogP contribution < -0.4 is 0 Å². The van der Waals surface area contributed by atoms with Gasteiger partial charge in [-0.1, -0.05) is 109 Å². The lowest BCUT2D eigenvalue weighted by Crippen LogP contribution is -2.59. The van der Waals surface area contributed by atoms with Crippen LogP contribution in [0.1, 0.15) is 51.9 Å². The van der Waals surface area contributed by atoms with E-state index >= 15 is 0 Å². The first-order chi connectivity index (χ1) is 22.4. The molecular weight excluding hydrogens is 572 g/mol. The smallest absolute Gasteiger partial charge is 0.254 e. The van der Waals surface area contributed by atoms with Crippen LogP contribution in [0.5, 0.6) is 0 Å². The fourth-order valence-electron chi connectivity index (χ4n) is 7.17. The van der Waals surface area contributed by atoms with E-state index in [9.17, 15) is 19.2 Å². The molecular formula is C40H40N2O4. The number of Topliss-reactive ketones (excluding diaryl/α,β-unsaturated/α-hetero) is 2. The van der Waals surface area contributed by atoms with Crippen molar-refractivity contribution in [2.75, 3.05) is 19.6 Å². The Labute approximate surface area is 271 Å². The van der Waals surface area contributed by atoms with E-state index in [1.54, 1.807) is 4.90 Å². The fourth-order valence-corrected chi connectivity index (χ4v) is 7.17. The Balaban J connectivity index is 1.38. The SMILES string of the molecule is O=C(c1ccccc1CC1CN(C(=O)Cc2ccccc2)C(C(=O)Cc2ccccc2)(C(=O)Cc2ccccc2)C1)N1CCCC1. The van der Waals surface area contributed by atoms with E-state index in [2.05, 4.69) is 0 Å². The lowest BCUT2D eigenvalue weighted by atomic mass is 9.78.